The summed E-state index contributed by atoms with van der Waals surface area (Å²) in [4.78, 5) is 0. The van der Waals surface area contributed by atoms with Crippen LogP contribution in [0.2, 0.25) is 0 Å². The second kappa shape index (κ2) is 9.77. The Hall–Kier alpha value is -2.84. The summed E-state index contributed by atoms with van der Waals surface area (Å²) in [5.41, 5.74) is 1.05. The van der Waals surface area contributed by atoms with Crippen molar-refractivity contribution in [2.75, 3.05) is 0 Å². The molecule has 2 aromatic carbocycles. The van der Waals surface area contributed by atoms with Crippen LogP contribution in [-0.4, -0.2) is 53.1 Å². The van der Waals surface area contributed by atoms with E-state index in [9.17, 15) is 40.9 Å². The van der Waals surface area contributed by atoms with Crippen LogP contribution in [0.15, 0.2) is 24.3 Å². The van der Waals surface area contributed by atoms with E-state index in [1.807, 2.05) is 0 Å². The van der Waals surface area contributed by atoms with Gasteiger partial charge in [-0.2, -0.15) is 0 Å². The zero-order valence-electron chi connectivity index (χ0n) is 17.0. The molecule has 0 spiro atoms. The molecule has 8 N–H and O–H groups in total. The first-order valence-electron chi connectivity index (χ1n) is 9.83. The second-order valence-corrected chi connectivity index (χ2v) is 7.96. The lowest BCUT2D eigenvalue weighted by Gasteiger charge is -2.30. The number of aliphatic hydroxyl groups excluding tert-OH is 2. The normalized spacial score (nSPS) is 15.5. The zero-order chi connectivity index (χ0) is 22.6. The van der Waals surface area contributed by atoms with Crippen LogP contribution in [0.4, 0.5) is 0 Å². The van der Waals surface area contributed by atoms with Gasteiger partial charge in [0.05, 0.1) is 12.2 Å². The highest BCUT2D eigenvalue weighted by molar-refractivity contribution is 5.52. The maximum absolute atomic E-state index is 10.5. The van der Waals surface area contributed by atoms with Gasteiger partial charge in [0.2, 0.25) is 0 Å². The Morgan fingerprint density at radius 2 is 1.03 bits per heavy atom. The molecule has 0 saturated carbocycles. The van der Waals surface area contributed by atoms with Crippen LogP contribution in [0.3, 0.4) is 0 Å². The molecule has 166 valence electrons. The Morgan fingerprint density at radius 3 is 1.40 bits per heavy atom. The highest BCUT2D eigenvalue weighted by Crippen LogP contribution is 2.39. The molecule has 0 fully saturated rings. The van der Waals surface area contributed by atoms with Crippen molar-refractivity contribution < 1.29 is 40.9 Å². The minimum Gasteiger partial charge on any atom is -0.504 e. The van der Waals surface area contributed by atoms with Crippen molar-refractivity contribution in [3.63, 3.8) is 0 Å². The van der Waals surface area contributed by atoms with E-state index in [0.717, 1.165) is 0 Å². The molecule has 4 atom stereocenters. The Kier molecular flexibility index (Phi) is 7.64. The van der Waals surface area contributed by atoms with Gasteiger partial charge in [0.15, 0.2) is 34.5 Å². The third-order valence-electron chi connectivity index (χ3n) is 5.41. The van der Waals surface area contributed by atoms with Gasteiger partial charge in [-0.05, 0) is 86.8 Å². The molecule has 8 nitrogen and oxygen atoms in total. The standard InChI is InChI=1S/C22H30O8/c1-11(23)3-4-15(5-13-7-17(25)21(29)18(26)8-13)16(12(2)24)6-14-9-19(27)22(30)20(28)10-14/h7-12,15-16,23-30H,3-6H2,1-2H3/t11-,12-,15-,16+/m0/s1. The lowest BCUT2D eigenvalue weighted by atomic mass is 9.77. The van der Waals surface area contributed by atoms with Gasteiger partial charge in [-0.3, -0.25) is 0 Å². The fraction of sp³-hybridized carbons (Fsp3) is 0.455. The number of aliphatic hydroxyl groups is 2. The minimum absolute atomic E-state index is 0.207. The molecule has 0 heterocycles. The van der Waals surface area contributed by atoms with E-state index >= 15 is 0 Å². The van der Waals surface area contributed by atoms with Crippen LogP contribution < -0.4 is 0 Å². The van der Waals surface area contributed by atoms with Crippen molar-refractivity contribution in [3.8, 4) is 34.5 Å². The SMILES string of the molecule is C[C@H](O)CC[C@@H](Cc1cc(O)c(O)c(O)c1)[C@H](Cc1cc(O)c(O)c(O)c1)[C@H](C)O. The second-order valence-electron chi connectivity index (χ2n) is 7.96. The largest absolute Gasteiger partial charge is 0.504 e. The van der Waals surface area contributed by atoms with Gasteiger partial charge in [-0.15, -0.1) is 0 Å². The summed E-state index contributed by atoms with van der Waals surface area (Å²) < 4.78 is 0. The number of rotatable bonds is 9. The van der Waals surface area contributed by atoms with Crippen LogP contribution in [-0.2, 0) is 12.8 Å². The molecule has 0 unspecified atom stereocenters. The average Bonchev–Trinajstić information content (AvgIpc) is 2.65. The zero-order valence-corrected chi connectivity index (χ0v) is 17.0. The lowest BCUT2D eigenvalue weighted by molar-refractivity contribution is 0.0751. The van der Waals surface area contributed by atoms with Crippen molar-refractivity contribution >= 4 is 0 Å². The molecular formula is C22H30O8. The molecular weight excluding hydrogens is 392 g/mol. The third-order valence-corrected chi connectivity index (χ3v) is 5.41. The summed E-state index contributed by atoms with van der Waals surface area (Å²) in [5, 5.41) is 78.5. The number of phenolic OH excluding ortho intramolecular Hbond substituents is 6. The van der Waals surface area contributed by atoms with Gasteiger partial charge in [0.1, 0.15) is 0 Å². The average molecular weight is 422 g/mol. The highest BCUT2D eigenvalue weighted by Gasteiger charge is 2.28. The van der Waals surface area contributed by atoms with Gasteiger partial charge in [-0.1, -0.05) is 0 Å². The summed E-state index contributed by atoms with van der Waals surface area (Å²) in [6, 6.07) is 5.30. The fourth-order valence-electron chi connectivity index (χ4n) is 3.79. The van der Waals surface area contributed by atoms with Crippen LogP contribution in [0, 0.1) is 11.8 Å². The van der Waals surface area contributed by atoms with E-state index in [2.05, 4.69) is 0 Å². The fourth-order valence-corrected chi connectivity index (χ4v) is 3.79. The van der Waals surface area contributed by atoms with Gasteiger partial charge >= 0.3 is 0 Å². The summed E-state index contributed by atoms with van der Waals surface area (Å²) in [5.74, 6) is -3.66. The molecule has 2 rings (SSSR count). The van der Waals surface area contributed by atoms with E-state index in [1.165, 1.54) is 24.3 Å². The van der Waals surface area contributed by atoms with E-state index in [0.29, 0.717) is 30.4 Å². The number of phenols is 6. The van der Waals surface area contributed by atoms with Crippen molar-refractivity contribution in [1.29, 1.82) is 0 Å². The van der Waals surface area contributed by atoms with Crippen LogP contribution in [0.1, 0.15) is 37.8 Å². The topological polar surface area (TPSA) is 162 Å². The molecule has 30 heavy (non-hydrogen) atoms. The van der Waals surface area contributed by atoms with Crippen molar-refractivity contribution in [3.05, 3.63) is 35.4 Å². The van der Waals surface area contributed by atoms with Gasteiger partial charge in [-0.25, -0.2) is 0 Å². The van der Waals surface area contributed by atoms with Crippen LogP contribution in [0.25, 0.3) is 0 Å². The number of hydrogen-bond donors (Lipinski definition) is 8. The Bertz CT molecular complexity index is 816. The first-order valence-corrected chi connectivity index (χ1v) is 9.83. The molecule has 8 heteroatoms. The first kappa shape index (κ1) is 23.4. The monoisotopic (exact) mass is 422 g/mol. The molecule has 0 aliphatic carbocycles. The molecule has 0 aromatic heterocycles. The molecule has 2 aromatic rings. The lowest BCUT2D eigenvalue weighted by Crippen LogP contribution is -2.30. The van der Waals surface area contributed by atoms with E-state index < -0.39 is 46.7 Å². The maximum Gasteiger partial charge on any atom is 0.200 e. The number of aromatic hydroxyl groups is 6. The van der Waals surface area contributed by atoms with E-state index in [-0.39, 0.29) is 18.3 Å². The van der Waals surface area contributed by atoms with E-state index in [1.54, 1.807) is 13.8 Å². The Morgan fingerprint density at radius 1 is 0.633 bits per heavy atom. The number of benzene rings is 2. The molecule has 0 aliphatic rings. The summed E-state index contributed by atoms with van der Waals surface area (Å²) in [6.45, 7) is 3.27. The quantitative estimate of drug-likeness (QED) is 0.286. The smallest absolute Gasteiger partial charge is 0.200 e. The third kappa shape index (κ3) is 5.84. The highest BCUT2D eigenvalue weighted by atomic mass is 16.3. The van der Waals surface area contributed by atoms with Crippen molar-refractivity contribution in [1.82, 2.24) is 0 Å². The molecule has 0 radical (unpaired) electrons. The van der Waals surface area contributed by atoms with Gasteiger partial charge in [0, 0.05) is 0 Å². The molecule has 0 bridgehead atoms. The minimum atomic E-state index is -0.790. The van der Waals surface area contributed by atoms with Crippen molar-refractivity contribution in [2.24, 2.45) is 11.8 Å². The summed E-state index contributed by atoms with van der Waals surface area (Å²) in [6.07, 6.45) is 0.216. The van der Waals surface area contributed by atoms with Crippen molar-refractivity contribution in [2.45, 2.75) is 51.7 Å². The van der Waals surface area contributed by atoms with Gasteiger partial charge < -0.3 is 40.9 Å². The Balaban J connectivity index is 2.35. The first-order chi connectivity index (χ1) is 14.0. The summed E-state index contributed by atoms with van der Waals surface area (Å²) >= 11 is 0. The van der Waals surface area contributed by atoms with E-state index in [4.69, 9.17) is 0 Å². The summed E-state index contributed by atoms with van der Waals surface area (Å²) in [7, 11) is 0. The number of hydrogen-bond acceptors (Lipinski definition) is 8. The predicted octanol–water partition coefficient (Wildman–Crippen LogP) is 2.48. The Labute approximate surface area is 174 Å². The maximum atomic E-state index is 10.5. The molecule has 0 aliphatic heterocycles. The molecule has 0 amide bonds. The van der Waals surface area contributed by atoms with Gasteiger partial charge in [0.25, 0.3) is 0 Å². The van der Waals surface area contributed by atoms with Crippen LogP contribution >= 0.6 is 0 Å². The predicted molar refractivity (Wildman–Crippen MR) is 110 cm³/mol. The molecule has 0 saturated heterocycles. The van der Waals surface area contributed by atoms with Crippen LogP contribution in [0.5, 0.6) is 34.5 Å².